The van der Waals surface area contributed by atoms with E-state index in [-0.39, 0.29) is 29.6 Å². The van der Waals surface area contributed by atoms with Gasteiger partial charge in [0.2, 0.25) is 11.8 Å². The number of benzene rings is 1. The van der Waals surface area contributed by atoms with Crippen molar-refractivity contribution in [2.75, 3.05) is 39.3 Å². The van der Waals surface area contributed by atoms with Gasteiger partial charge in [0.05, 0.1) is 0 Å². The predicted octanol–water partition coefficient (Wildman–Crippen LogP) is 2.27. The summed E-state index contributed by atoms with van der Waals surface area (Å²) >= 11 is 5.89. The lowest BCUT2D eigenvalue weighted by Gasteiger charge is -2.38. The Kier molecular flexibility index (Phi) is 5.58. The molecule has 0 unspecified atom stereocenters. The van der Waals surface area contributed by atoms with Crippen LogP contribution >= 0.6 is 11.6 Å². The number of hydrogen-bond donors (Lipinski definition) is 0. The molecular weight excluding hydrogens is 378 g/mol. The molecule has 3 fully saturated rings. The molecule has 1 aromatic rings. The van der Waals surface area contributed by atoms with Crippen molar-refractivity contribution < 1.29 is 14.4 Å². The van der Waals surface area contributed by atoms with E-state index in [0.29, 0.717) is 62.7 Å². The van der Waals surface area contributed by atoms with Gasteiger partial charge in [-0.3, -0.25) is 14.4 Å². The smallest absolute Gasteiger partial charge is 0.253 e. The van der Waals surface area contributed by atoms with Gasteiger partial charge in [-0.2, -0.15) is 0 Å². The summed E-state index contributed by atoms with van der Waals surface area (Å²) in [5.74, 6) is 0.651. The van der Waals surface area contributed by atoms with Crippen LogP contribution in [0.5, 0.6) is 0 Å². The number of carbonyl (C=O) groups excluding carboxylic acids is 3. The van der Waals surface area contributed by atoms with Crippen LogP contribution in [0.2, 0.25) is 5.02 Å². The predicted molar refractivity (Wildman–Crippen MR) is 106 cm³/mol. The first-order chi connectivity index (χ1) is 13.5. The van der Waals surface area contributed by atoms with Gasteiger partial charge in [-0.25, -0.2) is 0 Å². The number of rotatable bonds is 3. The molecule has 0 radical (unpaired) electrons. The second-order valence-electron chi connectivity index (χ2n) is 8.00. The number of piperidine rings is 1. The summed E-state index contributed by atoms with van der Waals surface area (Å²) in [7, 11) is 0. The van der Waals surface area contributed by atoms with Crippen LogP contribution in [-0.2, 0) is 9.59 Å². The van der Waals surface area contributed by atoms with Crippen LogP contribution in [0.4, 0.5) is 0 Å². The number of likely N-dealkylation sites (tertiary alicyclic amines) is 1. The highest BCUT2D eigenvalue weighted by Crippen LogP contribution is 2.31. The summed E-state index contributed by atoms with van der Waals surface area (Å²) < 4.78 is 0. The van der Waals surface area contributed by atoms with Crippen molar-refractivity contribution in [3.63, 3.8) is 0 Å². The fourth-order valence-electron chi connectivity index (χ4n) is 4.10. The van der Waals surface area contributed by atoms with Crippen molar-refractivity contribution in [2.45, 2.75) is 25.7 Å². The Labute approximate surface area is 170 Å². The molecule has 1 aromatic carbocycles. The molecule has 6 nitrogen and oxygen atoms in total. The highest BCUT2D eigenvalue weighted by molar-refractivity contribution is 6.30. The number of piperazine rings is 1. The summed E-state index contributed by atoms with van der Waals surface area (Å²) in [6, 6.07) is 6.92. The molecule has 2 aliphatic heterocycles. The molecule has 4 rings (SSSR count). The van der Waals surface area contributed by atoms with Gasteiger partial charge in [-0.05, 0) is 49.9 Å². The Morgan fingerprint density at radius 3 is 1.61 bits per heavy atom. The van der Waals surface area contributed by atoms with E-state index >= 15 is 0 Å². The van der Waals surface area contributed by atoms with E-state index in [4.69, 9.17) is 11.6 Å². The van der Waals surface area contributed by atoms with Crippen molar-refractivity contribution >= 4 is 29.3 Å². The molecule has 2 saturated heterocycles. The van der Waals surface area contributed by atoms with Gasteiger partial charge < -0.3 is 14.7 Å². The lowest BCUT2D eigenvalue weighted by atomic mass is 9.94. The van der Waals surface area contributed by atoms with Crippen molar-refractivity contribution in [3.8, 4) is 0 Å². The third kappa shape index (κ3) is 4.17. The average Bonchev–Trinajstić information content (AvgIpc) is 3.58. The molecule has 0 atom stereocenters. The Balaban J connectivity index is 1.25. The minimum atomic E-state index is -0.0278. The van der Waals surface area contributed by atoms with Crippen LogP contribution in [0.1, 0.15) is 36.0 Å². The second-order valence-corrected chi connectivity index (χ2v) is 8.43. The SMILES string of the molecule is O=C(c1ccc(Cl)cc1)N1CCC(C(=O)N2CCN(C(=O)C3CC3)CC2)CC1. The monoisotopic (exact) mass is 403 g/mol. The molecule has 28 heavy (non-hydrogen) atoms. The van der Waals surface area contributed by atoms with Crippen LogP contribution in [0, 0.1) is 11.8 Å². The number of nitrogens with zero attached hydrogens (tertiary/aromatic N) is 3. The van der Waals surface area contributed by atoms with Crippen LogP contribution in [0.15, 0.2) is 24.3 Å². The second kappa shape index (κ2) is 8.11. The van der Waals surface area contributed by atoms with Gasteiger partial charge in [0.15, 0.2) is 0 Å². The maximum atomic E-state index is 12.9. The molecule has 3 aliphatic rings. The molecule has 150 valence electrons. The summed E-state index contributed by atoms with van der Waals surface area (Å²) in [5, 5.41) is 0.611. The number of hydrogen-bond acceptors (Lipinski definition) is 3. The standard InChI is InChI=1S/C21H26ClN3O3/c22-18-5-3-16(4-6-18)19(26)23-9-7-17(8-10-23)21(28)25-13-11-24(12-14-25)20(27)15-1-2-15/h3-6,15,17H,1-2,7-14H2. The van der Waals surface area contributed by atoms with Gasteiger partial charge in [0.1, 0.15) is 0 Å². The largest absolute Gasteiger partial charge is 0.339 e. The summed E-state index contributed by atoms with van der Waals surface area (Å²) in [6.45, 7) is 3.74. The van der Waals surface area contributed by atoms with Crippen molar-refractivity contribution in [2.24, 2.45) is 11.8 Å². The normalized spacial score (nSPS) is 21.0. The zero-order valence-corrected chi connectivity index (χ0v) is 16.7. The highest BCUT2D eigenvalue weighted by atomic mass is 35.5. The molecular formula is C21H26ClN3O3. The molecule has 0 aromatic heterocycles. The maximum Gasteiger partial charge on any atom is 0.253 e. The van der Waals surface area contributed by atoms with E-state index < -0.39 is 0 Å². The van der Waals surface area contributed by atoms with Gasteiger partial charge in [0, 0.05) is 61.7 Å². The fourth-order valence-corrected chi connectivity index (χ4v) is 4.22. The molecule has 0 bridgehead atoms. The molecule has 0 N–H and O–H groups in total. The van der Waals surface area contributed by atoms with E-state index in [9.17, 15) is 14.4 Å². The lowest BCUT2D eigenvalue weighted by molar-refractivity contribution is -0.143. The average molecular weight is 404 g/mol. The third-order valence-corrected chi connectivity index (χ3v) is 6.30. The minimum Gasteiger partial charge on any atom is -0.339 e. The summed E-state index contributed by atoms with van der Waals surface area (Å²) in [6.07, 6.45) is 3.43. The fraction of sp³-hybridized carbons (Fsp3) is 0.571. The Morgan fingerprint density at radius 1 is 0.679 bits per heavy atom. The zero-order chi connectivity index (χ0) is 19.7. The third-order valence-electron chi connectivity index (χ3n) is 6.05. The van der Waals surface area contributed by atoms with Crippen molar-refractivity contribution in [1.82, 2.24) is 14.7 Å². The molecule has 0 spiro atoms. The van der Waals surface area contributed by atoms with E-state index in [1.807, 2.05) is 14.7 Å². The summed E-state index contributed by atoms with van der Waals surface area (Å²) in [4.78, 5) is 43.2. The zero-order valence-electron chi connectivity index (χ0n) is 16.0. The number of carbonyl (C=O) groups is 3. The van der Waals surface area contributed by atoms with Gasteiger partial charge >= 0.3 is 0 Å². The Bertz CT molecular complexity index is 747. The van der Waals surface area contributed by atoms with E-state index in [2.05, 4.69) is 0 Å². The number of amides is 3. The Hall–Kier alpha value is -2.08. The van der Waals surface area contributed by atoms with Gasteiger partial charge in [-0.1, -0.05) is 11.6 Å². The first kappa shape index (κ1) is 19.2. The van der Waals surface area contributed by atoms with Crippen LogP contribution < -0.4 is 0 Å². The van der Waals surface area contributed by atoms with E-state index in [1.54, 1.807) is 24.3 Å². The van der Waals surface area contributed by atoms with Crippen molar-refractivity contribution in [1.29, 1.82) is 0 Å². The van der Waals surface area contributed by atoms with Crippen LogP contribution in [-0.4, -0.2) is 71.7 Å². The van der Waals surface area contributed by atoms with Gasteiger partial charge in [-0.15, -0.1) is 0 Å². The van der Waals surface area contributed by atoms with E-state index in [0.717, 1.165) is 12.8 Å². The molecule has 3 amide bonds. The first-order valence-electron chi connectivity index (χ1n) is 10.2. The number of halogens is 1. The molecule has 2 heterocycles. The van der Waals surface area contributed by atoms with Crippen molar-refractivity contribution in [3.05, 3.63) is 34.9 Å². The molecule has 1 saturated carbocycles. The topological polar surface area (TPSA) is 60.9 Å². The minimum absolute atomic E-state index is 0.00484. The Morgan fingerprint density at radius 2 is 1.14 bits per heavy atom. The lowest BCUT2D eigenvalue weighted by Crippen LogP contribution is -2.53. The maximum absolute atomic E-state index is 12.9. The van der Waals surface area contributed by atoms with E-state index in [1.165, 1.54) is 0 Å². The van der Waals surface area contributed by atoms with Gasteiger partial charge in [0.25, 0.3) is 5.91 Å². The summed E-state index contributed by atoms with van der Waals surface area (Å²) in [5.41, 5.74) is 0.630. The van der Waals surface area contributed by atoms with Crippen LogP contribution in [0.3, 0.4) is 0 Å². The molecule has 7 heteroatoms. The first-order valence-corrected chi connectivity index (χ1v) is 10.5. The molecule has 1 aliphatic carbocycles. The quantitative estimate of drug-likeness (QED) is 0.777. The van der Waals surface area contributed by atoms with Crippen LogP contribution in [0.25, 0.3) is 0 Å². The highest BCUT2D eigenvalue weighted by Gasteiger charge is 2.36.